The summed E-state index contributed by atoms with van der Waals surface area (Å²) in [5, 5.41) is 0. The first-order chi connectivity index (χ1) is 9.88. The van der Waals surface area contributed by atoms with Crippen LogP contribution < -0.4 is 9.47 Å². The van der Waals surface area contributed by atoms with E-state index in [0.717, 1.165) is 63.8 Å². The van der Waals surface area contributed by atoms with Crippen molar-refractivity contribution in [3.05, 3.63) is 24.3 Å². The Morgan fingerprint density at radius 3 is 2.50 bits per heavy atom. The number of unbranched alkanes of at least 4 members (excludes halogenated alkanes) is 1. The summed E-state index contributed by atoms with van der Waals surface area (Å²) in [5.74, 6) is 1.77. The zero-order chi connectivity index (χ0) is 14.0. The quantitative estimate of drug-likeness (QED) is 0.684. The topological polar surface area (TPSA) is 30.9 Å². The summed E-state index contributed by atoms with van der Waals surface area (Å²) in [6, 6.07) is 7.90. The molecule has 0 N–H and O–H groups in total. The zero-order valence-corrected chi connectivity index (χ0v) is 12.3. The summed E-state index contributed by atoms with van der Waals surface area (Å²) in [6.45, 7) is 8.26. The van der Waals surface area contributed by atoms with E-state index >= 15 is 0 Å². The number of hydrogen-bond donors (Lipinski definition) is 0. The highest BCUT2D eigenvalue weighted by Crippen LogP contribution is 2.19. The molecule has 4 heteroatoms. The molecule has 0 radical (unpaired) electrons. The predicted molar refractivity (Wildman–Crippen MR) is 79.6 cm³/mol. The lowest BCUT2D eigenvalue weighted by molar-refractivity contribution is 0.0322. The van der Waals surface area contributed by atoms with Crippen LogP contribution in [0.1, 0.15) is 19.8 Å². The molecule has 0 bridgehead atoms. The Hall–Kier alpha value is -1.26. The van der Waals surface area contributed by atoms with Crippen molar-refractivity contribution in [1.82, 2.24) is 4.90 Å². The third-order valence-corrected chi connectivity index (χ3v) is 3.35. The van der Waals surface area contributed by atoms with Gasteiger partial charge in [0.1, 0.15) is 18.1 Å². The molecule has 0 aromatic heterocycles. The van der Waals surface area contributed by atoms with E-state index in [2.05, 4.69) is 11.8 Å². The summed E-state index contributed by atoms with van der Waals surface area (Å²) < 4.78 is 16.8. The second kappa shape index (κ2) is 8.82. The molecule has 2 rings (SSSR count). The lowest BCUT2D eigenvalue weighted by Crippen LogP contribution is -2.38. The Bertz CT molecular complexity index is 378. The minimum absolute atomic E-state index is 0.707. The van der Waals surface area contributed by atoms with E-state index in [-0.39, 0.29) is 0 Å². The van der Waals surface area contributed by atoms with Crippen molar-refractivity contribution in [3.8, 4) is 11.5 Å². The van der Waals surface area contributed by atoms with E-state index in [0.29, 0.717) is 6.61 Å². The number of hydrogen-bond acceptors (Lipinski definition) is 4. The van der Waals surface area contributed by atoms with Gasteiger partial charge in [0.2, 0.25) is 0 Å². The second-order valence-corrected chi connectivity index (χ2v) is 4.98. The van der Waals surface area contributed by atoms with Crippen LogP contribution >= 0.6 is 0 Å². The fourth-order valence-electron chi connectivity index (χ4n) is 2.11. The van der Waals surface area contributed by atoms with Crippen molar-refractivity contribution in [2.24, 2.45) is 0 Å². The van der Waals surface area contributed by atoms with Gasteiger partial charge in [-0.2, -0.15) is 0 Å². The maximum absolute atomic E-state index is 5.79. The normalized spacial score (nSPS) is 16.1. The minimum atomic E-state index is 0.707. The van der Waals surface area contributed by atoms with Crippen LogP contribution in [0.4, 0.5) is 0 Å². The molecule has 1 aromatic carbocycles. The van der Waals surface area contributed by atoms with Crippen molar-refractivity contribution in [2.45, 2.75) is 19.8 Å². The maximum Gasteiger partial charge on any atom is 0.123 e. The molecule has 1 aliphatic heterocycles. The molecule has 1 aliphatic rings. The maximum atomic E-state index is 5.79. The first kappa shape index (κ1) is 15.1. The zero-order valence-electron chi connectivity index (χ0n) is 12.3. The molecule has 1 fully saturated rings. The average molecular weight is 279 g/mol. The van der Waals surface area contributed by atoms with E-state index in [9.17, 15) is 0 Å². The molecule has 1 saturated heterocycles. The molecule has 1 heterocycles. The van der Waals surface area contributed by atoms with E-state index in [1.807, 2.05) is 24.3 Å². The largest absolute Gasteiger partial charge is 0.493 e. The van der Waals surface area contributed by atoms with Crippen LogP contribution in [0.2, 0.25) is 0 Å². The number of morpholine rings is 1. The Kier molecular flexibility index (Phi) is 6.68. The number of benzene rings is 1. The minimum Gasteiger partial charge on any atom is -0.493 e. The van der Waals surface area contributed by atoms with Crippen LogP contribution in [0.3, 0.4) is 0 Å². The lowest BCUT2D eigenvalue weighted by Gasteiger charge is -2.26. The van der Waals surface area contributed by atoms with Crippen molar-refractivity contribution >= 4 is 0 Å². The molecule has 112 valence electrons. The summed E-state index contributed by atoms with van der Waals surface area (Å²) in [5.41, 5.74) is 0. The van der Waals surface area contributed by atoms with Crippen molar-refractivity contribution in [3.63, 3.8) is 0 Å². The SMILES string of the molecule is CCCCOc1cccc(OCCN2CCOCC2)c1. The van der Waals surface area contributed by atoms with Crippen LogP contribution in [-0.2, 0) is 4.74 Å². The molecule has 4 nitrogen and oxygen atoms in total. The van der Waals surface area contributed by atoms with Gasteiger partial charge in [-0.3, -0.25) is 4.90 Å². The van der Waals surface area contributed by atoms with Crippen LogP contribution in [0.15, 0.2) is 24.3 Å². The highest BCUT2D eigenvalue weighted by molar-refractivity contribution is 5.32. The molecule has 0 saturated carbocycles. The molecule has 0 unspecified atom stereocenters. The van der Waals surface area contributed by atoms with Crippen molar-refractivity contribution < 1.29 is 14.2 Å². The van der Waals surface area contributed by atoms with E-state index in [1.165, 1.54) is 0 Å². The third kappa shape index (κ3) is 5.39. The van der Waals surface area contributed by atoms with Crippen molar-refractivity contribution in [1.29, 1.82) is 0 Å². The van der Waals surface area contributed by atoms with Gasteiger partial charge in [0, 0.05) is 25.7 Å². The summed E-state index contributed by atoms with van der Waals surface area (Å²) in [6.07, 6.45) is 2.23. The summed E-state index contributed by atoms with van der Waals surface area (Å²) in [7, 11) is 0. The Labute approximate surface area is 121 Å². The van der Waals surface area contributed by atoms with Crippen LogP contribution in [0, 0.1) is 0 Å². The molecule has 0 aliphatic carbocycles. The van der Waals surface area contributed by atoms with Crippen molar-refractivity contribution in [2.75, 3.05) is 46.1 Å². The molecular weight excluding hydrogens is 254 g/mol. The molecule has 0 atom stereocenters. The predicted octanol–water partition coefficient (Wildman–Crippen LogP) is 2.58. The van der Waals surface area contributed by atoms with Crippen LogP contribution in [0.5, 0.6) is 11.5 Å². The van der Waals surface area contributed by atoms with E-state index < -0.39 is 0 Å². The number of ether oxygens (including phenoxy) is 3. The fourth-order valence-corrected chi connectivity index (χ4v) is 2.11. The number of rotatable bonds is 8. The van der Waals surface area contributed by atoms with Gasteiger partial charge >= 0.3 is 0 Å². The Morgan fingerprint density at radius 1 is 1.10 bits per heavy atom. The highest BCUT2D eigenvalue weighted by atomic mass is 16.5. The summed E-state index contributed by atoms with van der Waals surface area (Å²) >= 11 is 0. The standard InChI is InChI=1S/C16H25NO3/c1-2-3-10-19-15-5-4-6-16(14-15)20-13-9-17-7-11-18-12-8-17/h4-6,14H,2-3,7-13H2,1H3. The number of nitrogens with zero attached hydrogens (tertiary/aromatic N) is 1. The molecular formula is C16H25NO3. The van der Waals surface area contributed by atoms with E-state index in [1.54, 1.807) is 0 Å². The highest BCUT2D eigenvalue weighted by Gasteiger charge is 2.09. The average Bonchev–Trinajstić information content (AvgIpc) is 2.49. The van der Waals surface area contributed by atoms with Crippen LogP contribution in [-0.4, -0.2) is 51.0 Å². The van der Waals surface area contributed by atoms with Gasteiger partial charge in [-0.15, -0.1) is 0 Å². The van der Waals surface area contributed by atoms with Gasteiger partial charge in [-0.1, -0.05) is 19.4 Å². The molecule has 1 aromatic rings. The van der Waals surface area contributed by atoms with Gasteiger partial charge in [-0.25, -0.2) is 0 Å². The smallest absolute Gasteiger partial charge is 0.123 e. The van der Waals surface area contributed by atoms with Gasteiger partial charge in [0.15, 0.2) is 0 Å². The molecule has 0 amide bonds. The first-order valence-electron chi connectivity index (χ1n) is 7.54. The fraction of sp³-hybridized carbons (Fsp3) is 0.625. The third-order valence-electron chi connectivity index (χ3n) is 3.35. The Balaban J connectivity index is 1.70. The van der Waals surface area contributed by atoms with Gasteiger partial charge in [-0.05, 0) is 18.6 Å². The summed E-state index contributed by atoms with van der Waals surface area (Å²) in [4.78, 5) is 2.37. The first-order valence-corrected chi connectivity index (χ1v) is 7.54. The Morgan fingerprint density at radius 2 is 1.80 bits per heavy atom. The monoisotopic (exact) mass is 279 g/mol. The van der Waals surface area contributed by atoms with Gasteiger partial charge in [0.25, 0.3) is 0 Å². The molecule has 20 heavy (non-hydrogen) atoms. The van der Waals surface area contributed by atoms with Gasteiger partial charge < -0.3 is 14.2 Å². The molecule has 0 spiro atoms. The van der Waals surface area contributed by atoms with Crippen LogP contribution in [0.25, 0.3) is 0 Å². The van der Waals surface area contributed by atoms with E-state index in [4.69, 9.17) is 14.2 Å². The van der Waals surface area contributed by atoms with Gasteiger partial charge in [0.05, 0.1) is 19.8 Å². The lowest BCUT2D eigenvalue weighted by atomic mass is 10.3. The second-order valence-electron chi connectivity index (χ2n) is 4.98.